The van der Waals surface area contributed by atoms with E-state index in [9.17, 15) is 14.7 Å². The molecule has 1 saturated heterocycles. The summed E-state index contributed by atoms with van der Waals surface area (Å²) >= 11 is 5.52. The van der Waals surface area contributed by atoms with E-state index < -0.39 is 17.7 Å². The molecule has 0 bridgehead atoms. The lowest BCUT2D eigenvalue weighted by molar-refractivity contribution is -0.134. The van der Waals surface area contributed by atoms with Crippen LogP contribution < -0.4 is 0 Å². The third-order valence-electron chi connectivity index (χ3n) is 2.78. The molecule has 21 heavy (non-hydrogen) atoms. The van der Waals surface area contributed by atoms with Gasteiger partial charge in [-0.1, -0.05) is 13.8 Å². The molecule has 1 unspecified atom stereocenters. The van der Waals surface area contributed by atoms with Crippen LogP contribution in [0.2, 0.25) is 0 Å². The lowest BCUT2D eigenvalue weighted by Gasteiger charge is -2.40. The van der Waals surface area contributed by atoms with Crippen molar-refractivity contribution in [3.8, 4) is 0 Å². The summed E-state index contributed by atoms with van der Waals surface area (Å²) in [6, 6.07) is -0.424. The van der Waals surface area contributed by atoms with Gasteiger partial charge in [0.2, 0.25) is 5.91 Å². The van der Waals surface area contributed by atoms with Crippen molar-refractivity contribution in [2.75, 3.05) is 32.1 Å². The highest BCUT2D eigenvalue weighted by Crippen LogP contribution is 2.15. The highest BCUT2D eigenvalue weighted by Gasteiger charge is 2.33. The van der Waals surface area contributed by atoms with Gasteiger partial charge in [-0.15, -0.1) is 11.6 Å². The molecular weight excluding hydrogens is 296 g/mol. The molecule has 1 rings (SSSR count). The number of piperazine rings is 1. The van der Waals surface area contributed by atoms with Crippen LogP contribution in [0.25, 0.3) is 0 Å². The van der Waals surface area contributed by atoms with Gasteiger partial charge in [-0.3, -0.25) is 4.79 Å². The SMILES string of the molecule is CC.CC(C)(C)OC(=O)N1CCN(C(=O)CCl)C(CO)C1. The molecule has 7 heteroatoms. The van der Waals surface area contributed by atoms with Gasteiger partial charge in [-0.05, 0) is 20.8 Å². The largest absolute Gasteiger partial charge is 0.444 e. The van der Waals surface area contributed by atoms with Crippen LogP contribution in [0.1, 0.15) is 34.6 Å². The summed E-state index contributed by atoms with van der Waals surface area (Å²) in [6.45, 7) is 10.2. The molecule has 0 saturated carbocycles. The van der Waals surface area contributed by atoms with E-state index in [-0.39, 0.29) is 24.9 Å². The fourth-order valence-corrected chi connectivity index (χ4v) is 2.06. The molecule has 0 aromatic rings. The van der Waals surface area contributed by atoms with E-state index in [2.05, 4.69) is 0 Å². The minimum atomic E-state index is -0.561. The van der Waals surface area contributed by atoms with E-state index in [1.165, 1.54) is 9.80 Å². The number of nitrogens with zero attached hydrogens (tertiary/aromatic N) is 2. The molecule has 6 nitrogen and oxygen atoms in total. The van der Waals surface area contributed by atoms with Crippen LogP contribution in [-0.2, 0) is 9.53 Å². The third kappa shape index (κ3) is 6.52. The van der Waals surface area contributed by atoms with E-state index in [0.717, 1.165) is 0 Å². The Balaban J connectivity index is 0.00000191. The summed E-state index contributed by atoms with van der Waals surface area (Å²) in [5.74, 6) is -0.354. The number of carbonyl (C=O) groups is 2. The average Bonchev–Trinajstić information content (AvgIpc) is 2.46. The molecular formula is C14H27ClN2O4. The minimum Gasteiger partial charge on any atom is -0.444 e. The van der Waals surface area contributed by atoms with Crippen LogP contribution in [0, 0.1) is 0 Å². The number of hydrogen-bond acceptors (Lipinski definition) is 4. The number of amides is 2. The second-order valence-corrected chi connectivity index (χ2v) is 5.75. The zero-order chi connectivity index (χ0) is 16.6. The Kier molecular flexibility index (Phi) is 8.66. The summed E-state index contributed by atoms with van der Waals surface area (Å²) in [4.78, 5) is 26.5. The van der Waals surface area contributed by atoms with Crippen molar-refractivity contribution in [1.29, 1.82) is 0 Å². The monoisotopic (exact) mass is 322 g/mol. The maximum absolute atomic E-state index is 11.9. The second-order valence-electron chi connectivity index (χ2n) is 5.48. The van der Waals surface area contributed by atoms with Crippen molar-refractivity contribution < 1.29 is 19.4 Å². The van der Waals surface area contributed by atoms with Crippen LogP contribution in [0.5, 0.6) is 0 Å². The summed E-state index contributed by atoms with van der Waals surface area (Å²) in [5, 5.41) is 9.32. The zero-order valence-corrected chi connectivity index (χ0v) is 14.3. The maximum Gasteiger partial charge on any atom is 0.410 e. The first-order valence-electron chi connectivity index (χ1n) is 7.22. The van der Waals surface area contributed by atoms with Crippen molar-refractivity contribution in [1.82, 2.24) is 9.80 Å². The molecule has 1 atom stereocenters. The van der Waals surface area contributed by atoms with Gasteiger partial charge >= 0.3 is 6.09 Å². The molecule has 0 radical (unpaired) electrons. The molecule has 0 aliphatic carbocycles. The molecule has 0 spiro atoms. The molecule has 2 amide bonds. The lowest BCUT2D eigenvalue weighted by Crippen LogP contribution is -2.58. The van der Waals surface area contributed by atoms with Crippen LogP contribution >= 0.6 is 11.6 Å². The van der Waals surface area contributed by atoms with Crippen molar-refractivity contribution in [2.45, 2.75) is 46.3 Å². The third-order valence-corrected chi connectivity index (χ3v) is 3.01. The van der Waals surface area contributed by atoms with Crippen molar-refractivity contribution >= 4 is 23.6 Å². The Morgan fingerprint density at radius 1 is 1.29 bits per heavy atom. The van der Waals surface area contributed by atoms with E-state index in [1.807, 2.05) is 13.8 Å². The van der Waals surface area contributed by atoms with Crippen molar-refractivity contribution in [3.63, 3.8) is 0 Å². The van der Waals surface area contributed by atoms with E-state index in [4.69, 9.17) is 16.3 Å². The van der Waals surface area contributed by atoms with Gasteiger partial charge in [-0.25, -0.2) is 4.79 Å². The van der Waals surface area contributed by atoms with Crippen LogP contribution in [0.3, 0.4) is 0 Å². The van der Waals surface area contributed by atoms with Crippen molar-refractivity contribution in [2.24, 2.45) is 0 Å². The van der Waals surface area contributed by atoms with Gasteiger partial charge in [0.15, 0.2) is 0 Å². The maximum atomic E-state index is 11.9. The van der Waals surface area contributed by atoms with Crippen LogP contribution in [-0.4, -0.2) is 70.7 Å². The Morgan fingerprint density at radius 3 is 2.29 bits per heavy atom. The fraction of sp³-hybridized carbons (Fsp3) is 0.857. The number of halogens is 1. The normalized spacial score (nSPS) is 18.7. The summed E-state index contributed by atoms with van der Waals surface area (Å²) in [7, 11) is 0. The molecule has 0 aromatic heterocycles. The smallest absolute Gasteiger partial charge is 0.410 e. The molecule has 124 valence electrons. The Labute approximate surface area is 132 Å². The molecule has 1 N–H and O–H groups in total. The topological polar surface area (TPSA) is 70.1 Å². The summed E-state index contributed by atoms with van der Waals surface area (Å²) < 4.78 is 5.27. The average molecular weight is 323 g/mol. The predicted octanol–water partition coefficient (Wildman–Crippen LogP) is 1.69. The van der Waals surface area contributed by atoms with Gasteiger partial charge in [0, 0.05) is 19.6 Å². The number of carbonyl (C=O) groups excluding carboxylic acids is 2. The van der Waals surface area contributed by atoms with Gasteiger partial charge in [-0.2, -0.15) is 0 Å². The van der Waals surface area contributed by atoms with E-state index in [1.54, 1.807) is 20.8 Å². The molecule has 1 fully saturated rings. The van der Waals surface area contributed by atoms with Crippen LogP contribution in [0.4, 0.5) is 4.79 Å². The number of aliphatic hydroxyl groups excluding tert-OH is 1. The number of aliphatic hydroxyl groups is 1. The minimum absolute atomic E-state index is 0.122. The Hall–Kier alpha value is -1.01. The number of rotatable bonds is 2. The first kappa shape index (κ1) is 20.0. The Morgan fingerprint density at radius 2 is 1.86 bits per heavy atom. The number of alkyl halides is 1. The van der Waals surface area contributed by atoms with E-state index >= 15 is 0 Å². The molecule has 1 aliphatic rings. The molecule has 1 heterocycles. The van der Waals surface area contributed by atoms with Crippen LogP contribution in [0.15, 0.2) is 0 Å². The quantitative estimate of drug-likeness (QED) is 0.785. The summed E-state index contributed by atoms with van der Waals surface area (Å²) in [5.41, 5.74) is -0.561. The fourth-order valence-electron chi connectivity index (χ4n) is 1.91. The highest BCUT2D eigenvalue weighted by molar-refractivity contribution is 6.27. The van der Waals surface area contributed by atoms with Gasteiger partial charge in [0.1, 0.15) is 11.5 Å². The number of ether oxygens (including phenoxy) is 1. The molecule has 1 aliphatic heterocycles. The first-order chi connectivity index (χ1) is 9.78. The second kappa shape index (κ2) is 9.10. The van der Waals surface area contributed by atoms with E-state index in [0.29, 0.717) is 13.1 Å². The number of hydrogen-bond donors (Lipinski definition) is 1. The van der Waals surface area contributed by atoms with Gasteiger partial charge < -0.3 is 19.6 Å². The lowest BCUT2D eigenvalue weighted by atomic mass is 10.1. The van der Waals surface area contributed by atoms with Gasteiger partial charge in [0.25, 0.3) is 0 Å². The van der Waals surface area contributed by atoms with Gasteiger partial charge in [0.05, 0.1) is 12.6 Å². The Bertz CT molecular complexity index is 344. The highest BCUT2D eigenvalue weighted by atomic mass is 35.5. The summed E-state index contributed by atoms with van der Waals surface area (Å²) in [6.07, 6.45) is -0.427. The standard InChI is InChI=1S/C12H21ClN2O4.C2H6/c1-12(2,3)19-11(18)14-4-5-15(10(17)6-13)9(7-14)8-16;1-2/h9,16H,4-8H2,1-3H3;1-2H3. The predicted molar refractivity (Wildman–Crippen MR) is 82.5 cm³/mol. The zero-order valence-electron chi connectivity index (χ0n) is 13.6. The molecule has 0 aromatic carbocycles. The van der Waals surface area contributed by atoms with Crippen molar-refractivity contribution in [3.05, 3.63) is 0 Å². The first-order valence-corrected chi connectivity index (χ1v) is 7.76.